The van der Waals surface area contributed by atoms with Gasteiger partial charge in [-0.2, -0.15) is 0 Å². The number of halogens is 2. The van der Waals surface area contributed by atoms with E-state index in [9.17, 15) is 9.18 Å². The van der Waals surface area contributed by atoms with Crippen LogP contribution in [0.2, 0.25) is 5.02 Å². The zero-order chi connectivity index (χ0) is 12.4. The lowest BCUT2D eigenvalue weighted by Crippen LogP contribution is -2.36. The number of ether oxygens (including phenoxy) is 1. The van der Waals surface area contributed by atoms with E-state index >= 15 is 0 Å². The molecule has 1 saturated carbocycles. The van der Waals surface area contributed by atoms with Gasteiger partial charge in [-0.15, -0.1) is 0 Å². The highest BCUT2D eigenvalue weighted by atomic mass is 35.5. The molecule has 1 N–H and O–H groups in total. The summed E-state index contributed by atoms with van der Waals surface area (Å²) in [6.45, 7) is 0.258. The Morgan fingerprint density at radius 2 is 2.18 bits per heavy atom. The third-order valence-corrected chi connectivity index (χ3v) is 3.07. The quantitative estimate of drug-likeness (QED) is 0.903. The lowest BCUT2D eigenvalue weighted by molar-refractivity contribution is -0.151. The maximum absolute atomic E-state index is 13.0. The van der Waals surface area contributed by atoms with Crippen molar-refractivity contribution in [1.82, 2.24) is 0 Å². The van der Waals surface area contributed by atoms with Crippen LogP contribution in [0.25, 0.3) is 0 Å². The zero-order valence-corrected chi connectivity index (χ0v) is 9.78. The van der Waals surface area contributed by atoms with Gasteiger partial charge < -0.3 is 9.84 Å². The van der Waals surface area contributed by atoms with Crippen LogP contribution in [0.3, 0.4) is 0 Å². The molecular formula is C12H12ClFO3. The van der Waals surface area contributed by atoms with E-state index in [1.54, 1.807) is 6.07 Å². The fraction of sp³-hybridized carbons (Fsp3) is 0.417. The fourth-order valence-corrected chi connectivity index (χ4v) is 2.06. The molecule has 2 rings (SSSR count). The largest absolute Gasteiger partial charge is 0.481 e. The summed E-state index contributed by atoms with van der Waals surface area (Å²) >= 11 is 5.70. The van der Waals surface area contributed by atoms with Crippen LogP contribution in [0, 0.1) is 11.7 Å². The van der Waals surface area contributed by atoms with Gasteiger partial charge in [0.15, 0.2) is 0 Å². The third kappa shape index (κ3) is 3.17. The predicted molar refractivity (Wildman–Crippen MR) is 60.3 cm³/mol. The minimum Gasteiger partial charge on any atom is -0.481 e. The van der Waals surface area contributed by atoms with Gasteiger partial charge in [-0.25, -0.2) is 4.39 Å². The molecule has 92 valence electrons. The SMILES string of the molecule is O=C(O)C1CC(OCc2cc(F)cc(Cl)c2)C1. The van der Waals surface area contributed by atoms with Crippen molar-refractivity contribution < 1.29 is 19.0 Å². The zero-order valence-electron chi connectivity index (χ0n) is 9.03. The van der Waals surface area contributed by atoms with E-state index in [4.69, 9.17) is 21.4 Å². The number of aliphatic carboxylic acids is 1. The summed E-state index contributed by atoms with van der Waals surface area (Å²) in [5, 5.41) is 9.02. The topological polar surface area (TPSA) is 46.5 Å². The van der Waals surface area contributed by atoms with Crippen LogP contribution in [0.5, 0.6) is 0 Å². The molecule has 17 heavy (non-hydrogen) atoms. The molecule has 5 heteroatoms. The van der Waals surface area contributed by atoms with Gasteiger partial charge in [0, 0.05) is 5.02 Å². The molecule has 0 saturated heterocycles. The van der Waals surface area contributed by atoms with Crippen molar-refractivity contribution in [2.75, 3.05) is 0 Å². The third-order valence-electron chi connectivity index (χ3n) is 2.85. The maximum Gasteiger partial charge on any atom is 0.306 e. The molecule has 0 atom stereocenters. The number of benzene rings is 1. The molecule has 0 unspecified atom stereocenters. The Kier molecular flexibility index (Phi) is 3.64. The molecule has 0 bridgehead atoms. The summed E-state index contributed by atoms with van der Waals surface area (Å²) < 4.78 is 18.5. The van der Waals surface area contributed by atoms with E-state index in [1.807, 2.05) is 0 Å². The summed E-state index contributed by atoms with van der Waals surface area (Å²) in [4.78, 5) is 10.6. The summed E-state index contributed by atoms with van der Waals surface area (Å²) in [5.74, 6) is -1.47. The summed E-state index contributed by atoms with van der Waals surface area (Å²) in [7, 11) is 0. The molecule has 1 aliphatic carbocycles. The van der Waals surface area contributed by atoms with Crippen LogP contribution < -0.4 is 0 Å². The van der Waals surface area contributed by atoms with Gasteiger partial charge >= 0.3 is 5.97 Å². The number of carboxylic acid groups (broad SMARTS) is 1. The van der Waals surface area contributed by atoms with Gasteiger partial charge in [-0.1, -0.05) is 11.6 Å². The minimum atomic E-state index is -0.779. The average molecular weight is 259 g/mol. The Hall–Kier alpha value is -1.13. The highest BCUT2D eigenvalue weighted by molar-refractivity contribution is 6.30. The van der Waals surface area contributed by atoms with Crippen molar-refractivity contribution in [1.29, 1.82) is 0 Å². The van der Waals surface area contributed by atoms with E-state index < -0.39 is 11.8 Å². The molecule has 0 amide bonds. The van der Waals surface area contributed by atoms with Crippen LogP contribution in [-0.4, -0.2) is 17.2 Å². The summed E-state index contributed by atoms with van der Waals surface area (Å²) in [6.07, 6.45) is 1.01. The summed E-state index contributed by atoms with van der Waals surface area (Å²) in [5.41, 5.74) is 0.661. The molecule has 3 nitrogen and oxygen atoms in total. The number of hydrogen-bond acceptors (Lipinski definition) is 2. The van der Waals surface area contributed by atoms with Gasteiger partial charge in [-0.05, 0) is 36.6 Å². The van der Waals surface area contributed by atoms with Crippen LogP contribution in [-0.2, 0) is 16.1 Å². The maximum atomic E-state index is 13.0. The minimum absolute atomic E-state index is 0.0434. The number of carbonyl (C=O) groups is 1. The lowest BCUT2D eigenvalue weighted by atomic mass is 9.82. The first-order valence-electron chi connectivity index (χ1n) is 5.34. The van der Waals surface area contributed by atoms with Gasteiger partial charge in [0.1, 0.15) is 5.82 Å². The predicted octanol–water partition coefficient (Wildman–Crippen LogP) is 2.86. The van der Waals surface area contributed by atoms with E-state index in [0.29, 0.717) is 23.4 Å². The Morgan fingerprint density at radius 3 is 2.76 bits per heavy atom. The van der Waals surface area contributed by atoms with Gasteiger partial charge in [0.25, 0.3) is 0 Å². The number of hydrogen-bond donors (Lipinski definition) is 1. The van der Waals surface area contributed by atoms with Crippen molar-refractivity contribution in [2.24, 2.45) is 5.92 Å². The Morgan fingerprint density at radius 1 is 1.47 bits per heavy atom. The first-order chi connectivity index (χ1) is 8.04. The average Bonchev–Trinajstić information content (AvgIpc) is 2.12. The lowest BCUT2D eigenvalue weighted by Gasteiger charge is -2.32. The molecule has 1 aromatic rings. The molecule has 0 radical (unpaired) electrons. The second-order valence-electron chi connectivity index (χ2n) is 4.22. The molecule has 1 fully saturated rings. The van der Waals surface area contributed by atoms with Crippen molar-refractivity contribution in [3.05, 3.63) is 34.6 Å². The molecule has 0 spiro atoms. The van der Waals surface area contributed by atoms with E-state index in [2.05, 4.69) is 0 Å². The molecule has 1 aromatic carbocycles. The van der Waals surface area contributed by atoms with Crippen LogP contribution >= 0.6 is 11.6 Å². The van der Waals surface area contributed by atoms with Crippen LogP contribution in [0.4, 0.5) is 4.39 Å². The van der Waals surface area contributed by atoms with E-state index in [1.165, 1.54) is 12.1 Å². The Balaban J connectivity index is 1.81. The van der Waals surface area contributed by atoms with Crippen molar-refractivity contribution in [3.8, 4) is 0 Å². The second-order valence-corrected chi connectivity index (χ2v) is 4.65. The molecule has 1 aliphatic rings. The second kappa shape index (κ2) is 5.02. The molecule has 0 heterocycles. The van der Waals surface area contributed by atoms with Crippen molar-refractivity contribution in [3.63, 3.8) is 0 Å². The standard InChI is InChI=1S/C12H12ClFO3/c13-9-1-7(2-10(14)5-9)6-17-11-3-8(4-11)12(15)16/h1-2,5,8,11H,3-4,6H2,(H,15,16). The first kappa shape index (κ1) is 12.3. The molecular weight excluding hydrogens is 247 g/mol. The van der Waals surface area contributed by atoms with Gasteiger partial charge in [0.05, 0.1) is 18.6 Å². The van der Waals surface area contributed by atoms with Crippen LogP contribution in [0.1, 0.15) is 18.4 Å². The number of carboxylic acids is 1. The molecule has 0 aliphatic heterocycles. The van der Waals surface area contributed by atoms with Crippen molar-refractivity contribution >= 4 is 17.6 Å². The summed E-state index contributed by atoms with van der Waals surface area (Å²) in [6, 6.07) is 4.23. The van der Waals surface area contributed by atoms with Crippen molar-refractivity contribution in [2.45, 2.75) is 25.6 Å². The number of rotatable bonds is 4. The highest BCUT2D eigenvalue weighted by Gasteiger charge is 2.35. The monoisotopic (exact) mass is 258 g/mol. The van der Waals surface area contributed by atoms with E-state index in [-0.39, 0.29) is 18.6 Å². The van der Waals surface area contributed by atoms with E-state index in [0.717, 1.165) is 0 Å². The van der Waals surface area contributed by atoms with Gasteiger partial charge in [0.2, 0.25) is 0 Å². The van der Waals surface area contributed by atoms with Crippen LogP contribution in [0.15, 0.2) is 18.2 Å². The normalized spacial score (nSPS) is 23.2. The fourth-order valence-electron chi connectivity index (χ4n) is 1.81. The van der Waals surface area contributed by atoms with Gasteiger partial charge in [-0.3, -0.25) is 4.79 Å². The molecule has 0 aromatic heterocycles. The highest BCUT2D eigenvalue weighted by Crippen LogP contribution is 2.31. The smallest absolute Gasteiger partial charge is 0.306 e. The first-order valence-corrected chi connectivity index (χ1v) is 5.72. The Bertz CT molecular complexity index is 410. The Labute approximate surface area is 103 Å².